The van der Waals surface area contributed by atoms with Crippen molar-refractivity contribution >= 4 is 29.0 Å². The van der Waals surface area contributed by atoms with Gasteiger partial charge in [0.25, 0.3) is 11.7 Å². The molecule has 0 fully saturated rings. The highest BCUT2D eigenvalue weighted by atomic mass is 35.5. The highest BCUT2D eigenvalue weighted by Gasteiger charge is 2.36. The Kier molecular flexibility index (Phi) is 3.26. The number of carbonyl (C=O) groups is 2. The number of aryl methyl sites for hydroxylation is 1. The number of hydrogen-bond donors (Lipinski definition) is 0. The number of fused-ring (bicyclic) bond motifs is 1. The third kappa shape index (κ3) is 2.21. The van der Waals surface area contributed by atoms with Gasteiger partial charge in [-0.15, -0.1) is 0 Å². The summed E-state index contributed by atoms with van der Waals surface area (Å²) in [5.74, 6) is -1.68. The molecule has 3 rings (SSSR count). The Morgan fingerprint density at radius 2 is 1.95 bits per heavy atom. The first kappa shape index (κ1) is 13.8. The average Bonchev–Trinajstić information content (AvgIpc) is 2.68. The quantitative estimate of drug-likeness (QED) is 0.796. The summed E-state index contributed by atoms with van der Waals surface area (Å²) in [4.78, 5) is 25.4. The van der Waals surface area contributed by atoms with E-state index in [9.17, 15) is 14.0 Å². The molecule has 0 spiro atoms. The van der Waals surface area contributed by atoms with Gasteiger partial charge in [-0.2, -0.15) is 0 Å². The number of carbonyl (C=O) groups excluding carboxylic acids is 2. The number of hydrogen-bond acceptors (Lipinski definition) is 2. The van der Waals surface area contributed by atoms with E-state index in [-0.39, 0.29) is 11.6 Å². The van der Waals surface area contributed by atoms with Crippen LogP contribution in [0.4, 0.5) is 10.1 Å². The van der Waals surface area contributed by atoms with Gasteiger partial charge in [-0.1, -0.05) is 29.8 Å². The Labute approximate surface area is 125 Å². The van der Waals surface area contributed by atoms with E-state index in [2.05, 4.69) is 0 Å². The summed E-state index contributed by atoms with van der Waals surface area (Å²) in [5, 5.41) is 0.289. The maximum atomic E-state index is 13.9. The molecule has 0 atom stereocenters. The zero-order valence-electron chi connectivity index (χ0n) is 11.2. The smallest absolute Gasteiger partial charge is 0.299 e. The number of rotatable bonds is 2. The minimum Gasteiger partial charge on any atom is -0.300 e. The van der Waals surface area contributed by atoms with Crippen molar-refractivity contribution < 1.29 is 14.0 Å². The minimum absolute atomic E-state index is 0.00539. The molecule has 2 aromatic carbocycles. The van der Waals surface area contributed by atoms with Crippen molar-refractivity contribution in [3.63, 3.8) is 0 Å². The van der Waals surface area contributed by atoms with Gasteiger partial charge in [0.15, 0.2) is 0 Å². The molecule has 0 N–H and O–H groups in total. The Balaban J connectivity index is 2.04. The average molecular weight is 304 g/mol. The van der Waals surface area contributed by atoms with Crippen LogP contribution in [0, 0.1) is 12.7 Å². The van der Waals surface area contributed by atoms with E-state index in [0.717, 1.165) is 5.56 Å². The van der Waals surface area contributed by atoms with Crippen LogP contribution in [0.15, 0.2) is 36.4 Å². The number of ketones is 1. The molecule has 0 saturated carbocycles. The predicted octanol–water partition coefficient (Wildman–Crippen LogP) is 3.52. The molecule has 0 bridgehead atoms. The van der Waals surface area contributed by atoms with Gasteiger partial charge in [0.05, 0.1) is 17.8 Å². The molecular weight excluding hydrogens is 293 g/mol. The summed E-state index contributed by atoms with van der Waals surface area (Å²) >= 11 is 5.72. The maximum absolute atomic E-state index is 13.9. The van der Waals surface area contributed by atoms with Crippen LogP contribution in [0.1, 0.15) is 21.5 Å². The van der Waals surface area contributed by atoms with Crippen LogP contribution >= 0.6 is 11.6 Å². The van der Waals surface area contributed by atoms with Gasteiger partial charge in [-0.3, -0.25) is 14.5 Å². The van der Waals surface area contributed by atoms with Crippen LogP contribution in [0.5, 0.6) is 0 Å². The molecule has 0 saturated heterocycles. The molecule has 106 valence electrons. The summed E-state index contributed by atoms with van der Waals surface area (Å²) < 4.78 is 13.9. The van der Waals surface area contributed by atoms with Crippen LogP contribution in [-0.4, -0.2) is 11.7 Å². The van der Waals surface area contributed by atoms with Gasteiger partial charge < -0.3 is 0 Å². The number of Topliss-reactive ketones (excluding diaryl/α,β-unsaturated/α-hetero) is 1. The lowest BCUT2D eigenvalue weighted by atomic mass is 10.1. The number of benzene rings is 2. The predicted molar refractivity (Wildman–Crippen MR) is 78.1 cm³/mol. The summed E-state index contributed by atoms with van der Waals surface area (Å²) in [6.07, 6.45) is 0. The van der Waals surface area contributed by atoms with Crippen LogP contribution in [-0.2, 0) is 11.3 Å². The Morgan fingerprint density at radius 1 is 1.19 bits per heavy atom. The second kappa shape index (κ2) is 4.97. The Hall–Kier alpha value is -2.20. The van der Waals surface area contributed by atoms with Crippen LogP contribution in [0.2, 0.25) is 5.02 Å². The first-order valence-corrected chi connectivity index (χ1v) is 6.76. The van der Waals surface area contributed by atoms with Crippen molar-refractivity contribution in [1.82, 2.24) is 0 Å². The lowest BCUT2D eigenvalue weighted by Gasteiger charge is -2.18. The third-order valence-corrected chi connectivity index (χ3v) is 3.77. The van der Waals surface area contributed by atoms with E-state index in [1.807, 2.05) is 13.0 Å². The van der Waals surface area contributed by atoms with Gasteiger partial charge >= 0.3 is 0 Å². The molecular formula is C16H11ClFNO2. The molecule has 0 aromatic heterocycles. The monoisotopic (exact) mass is 303 g/mol. The topological polar surface area (TPSA) is 37.4 Å². The Bertz CT molecular complexity index is 773. The first-order chi connectivity index (χ1) is 9.99. The molecule has 2 aromatic rings. The molecule has 0 aliphatic carbocycles. The molecule has 0 unspecified atom stereocenters. The van der Waals surface area contributed by atoms with Gasteiger partial charge in [0.2, 0.25) is 0 Å². The summed E-state index contributed by atoms with van der Waals surface area (Å²) in [6, 6.07) is 9.42. The van der Waals surface area contributed by atoms with E-state index in [0.29, 0.717) is 16.8 Å². The highest BCUT2D eigenvalue weighted by molar-refractivity contribution is 6.52. The van der Waals surface area contributed by atoms with Crippen molar-refractivity contribution in [2.24, 2.45) is 0 Å². The molecule has 1 aliphatic heterocycles. The fourth-order valence-corrected chi connectivity index (χ4v) is 2.67. The number of para-hydroxylation sites is 1. The summed E-state index contributed by atoms with van der Waals surface area (Å²) in [5.41, 5.74) is 2.05. The number of anilines is 1. The van der Waals surface area contributed by atoms with Crippen molar-refractivity contribution in [1.29, 1.82) is 0 Å². The highest BCUT2D eigenvalue weighted by Crippen LogP contribution is 2.33. The lowest BCUT2D eigenvalue weighted by molar-refractivity contribution is -0.114. The number of amides is 1. The molecule has 1 aliphatic rings. The van der Waals surface area contributed by atoms with E-state index >= 15 is 0 Å². The Morgan fingerprint density at radius 3 is 2.67 bits per heavy atom. The fourth-order valence-electron chi connectivity index (χ4n) is 2.51. The zero-order valence-corrected chi connectivity index (χ0v) is 11.9. The number of halogens is 2. The second-order valence-electron chi connectivity index (χ2n) is 4.93. The second-order valence-corrected chi connectivity index (χ2v) is 5.36. The van der Waals surface area contributed by atoms with Crippen LogP contribution < -0.4 is 4.90 Å². The summed E-state index contributed by atoms with van der Waals surface area (Å²) in [6.45, 7) is 1.82. The van der Waals surface area contributed by atoms with Crippen LogP contribution in [0.25, 0.3) is 0 Å². The molecule has 3 nitrogen and oxygen atoms in total. The standard InChI is InChI=1S/C16H11ClFNO2/c1-9-3-2-4-12-14(9)19(16(21)15(12)20)8-10-5-6-11(17)7-13(10)18/h2-7H,8H2,1H3. The fraction of sp³-hybridized carbons (Fsp3) is 0.125. The van der Waals surface area contributed by atoms with Crippen molar-refractivity contribution in [2.45, 2.75) is 13.5 Å². The van der Waals surface area contributed by atoms with Crippen molar-refractivity contribution in [3.05, 3.63) is 63.9 Å². The van der Waals surface area contributed by atoms with Gasteiger partial charge in [-0.25, -0.2) is 4.39 Å². The third-order valence-electron chi connectivity index (χ3n) is 3.54. The summed E-state index contributed by atoms with van der Waals surface area (Å²) in [7, 11) is 0. The van der Waals surface area contributed by atoms with E-state index in [1.165, 1.54) is 17.0 Å². The maximum Gasteiger partial charge on any atom is 0.299 e. The van der Waals surface area contributed by atoms with Crippen LogP contribution in [0.3, 0.4) is 0 Å². The SMILES string of the molecule is Cc1cccc2c1N(Cc1ccc(Cl)cc1F)C(=O)C2=O. The van der Waals surface area contributed by atoms with Gasteiger partial charge in [0.1, 0.15) is 5.82 Å². The van der Waals surface area contributed by atoms with Gasteiger partial charge in [-0.05, 0) is 30.7 Å². The van der Waals surface area contributed by atoms with Crippen molar-refractivity contribution in [3.8, 4) is 0 Å². The molecule has 1 amide bonds. The lowest BCUT2D eigenvalue weighted by Crippen LogP contribution is -2.29. The molecule has 21 heavy (non-hydrogen) atoms. The van der Waals surface area contributed by atoms with Crippen molar-refractivity contribution in [2.75, 3.05) is 4.90 Å². The van der Waals surface area contributed by atoms with E-state index in [1.54, 1.807) is 18.2 Å². The number of nitrogens with zero attached hydrogens (tertiary/aromatic N) is 1. The van der Waals surface area contributed by atoms with E-state index in [4.69, 9.17) is 11.6 Å². The minimum atomic E-state index is -0.631. The molecule has 1 heterocycles. The largest absolute Gasteiger partial charge is 0.300 e. The van der Waals surface area contributed by atoms with Gasteiger partial charge in [0, 0.05) is 10.6 Å². The molecule has 5 heteroatoms. The molecule has 0 radical (unpaired) electrons. The van der Waals surface area contributed by atoms with E-state index < -0.39 is 17.5 Å². The normalized spacial score (nSPS) is 13.8. The first-order valence-electron chi connectivity index (χ1n) is 6.39. The zero-order chi connectivity index (χ0) is 15.1.